The Bertz CT molecular complexity index is 627. The van der Waals surface area contributed by atoms with Gasteiger partial charge in [0.2, 0.25) is 0 Å². The Labute approximate surface area is 128 Å². The molecule has 1 aromatic heterocycles. The average molecular weight is 337 g/mol. The number of hydrogen-bond acceptors (Lipinski definition) is 2. The maximum atomic E-state index is 10.6. The number of nitrogens with one attached hydrogen (secondary N) is 1. The van der Waals surface area contributed by atoms with Crippen LogP contribution >= 0.6 is 46.6 Å². The minimum absolute atomic E-state index is 0.0217. The van der Waals surface area contributed by atoms with E-state index in [-0.39, 0.29) is 6.42 Å². The van der Waals surface area contributed by atoms with Gasteiger partial charge in [0.15, 0.2) is 0 Å². The molecule has 0 aliphatic rings. The highest BCUT2D eigenvalue weighted by atomic mass is 35.5. The molecule has 2 rings (SSSR count). The van der Waals surface area contributed by atoms with E-state index in [9.17, 15) is 4.79 Å². The van der Waals surface area contributed by atoms with Crippen molar-refractivity contribution in [1.29, 1.82) is 0 Å². The van der Waals surface area contributed by atoms with E-state index in [2.05, 4.69) is 4.98 Å². The van der Waals surface area contributed by atoms with E-state index in [0.717, 1.165) is 9.92 Å². The zero-order valence-corrected chi connectivity index (χ0v) is 12.5. The molecule has 100 valence electrons. The van der Waals surface area contributed by atoms with Crippen LogP contribution in [0.5, 0.6) is 0 Å². The van der Waals surface area contributed by atoms with Gasteiger partial charge < -0.3 is 10.1 Å². The van der Waals surface area contributed by atoms with E-state index < -0.39 is 5.97 Å². The van der Waals surface area contributed by atoms with E-state index in [1.165, 1.54) is 11.8 Å². The molecule has 0 fully saturated rings. The van der Waals surface area contributed by atoms with Crippen molar-refractivity contribution in [2.24, 2.45) is 0 Å². The molecule has 2 aromatic rings. The van der Waals surface area contributed by atoms with Crippen molar-refractivity contribution in [1.82, 2.24) is 4.98 Å². The van der Waals surface area contributed by atoms with Gasteiger partial charge in [-0.3, -0.25) is 4.79 Å². The van der Waals surface area contributed by atoms with E-state index in [4.69, 9.17) is 39.9 Å². The number of aliphatic carboxylic acids is 1. The molecule has 0 atom stereocenters. The van der Waals surface area contributed by atoms with Crippen molar-refractivity contribution in [3.63, 3.8) is 0 Å². The van der Waals surface area contributed by atoms with Gasteiger partial charge in [0, 0.05) is 11.1 Å². The fourth-order valence-corrected chi connectivity index (χ4v) is 3.08. The Hall–Kier alpha value is -0.810. The topological polar surface area (TPSA) is 53.1 Å². The summed E-state index contributed by atoms with van der Waals surface area (Å²) in [5.74, 6) is -0.872. The van der Waals surface area contributed by atoms with Gasteiger partial charge >= 0.3 is 5.97 Å². The fraction of sp³-hybridized carbons (Fsp3) is 0.0833. The van der Waals surface area contributed by atoms with Crippen LogP contribution in [0, 0.1) is 0 Å². The lowest BCUT2D eigenvalue weighted by Crippen LogP contribution is -1.97. The molecule has 0 aliphatic carbocycles. The Kier molecular flexibility index (Phi) is 4.68. The first-order valence-electron chi connectivity index (χ1n) is 5.17. The zero-order chi connectivity index (χ0) is 14.0. The predicted octanol–water partition coefficient (Wildman–Crippen LogP) is 4.75. The normalized spacial score (nSPS) is 10.7. The van der Waals surface area contributed by atoms with Crippen LogP contribution in [0.15, 0.2) is 34.3 Å². The molecule has 1 aromatic carbocycles. The van der Waals surface area contributed by atoms with Crippen molar-refractivity contribution in [3.05, 3.63) is 45.0 Å². The Morgan fingerprint density at radius 1 is 1.16 bits per heavy atom. The lowest BCUT2D eigenvalue weighted by atomic mass is 10.2. The molecule has 1 heterocycles. The first-order chi connectivity index (χ1) is 8.95. The summed E-state index contributed by atoms with van der Waals surface area (Å²) in [7, 11) is 0. The number of benzene rings is 1. The van der Waals surface area contributed by atoms with Crippen molar-refractivity contribution >= 4 is 52.5 Å². The Balaban J connectivity index is 2.19. The van der Waals surface area contributed by atoms with Gasteiger partial charge in [-0.2, -0.15) is 0 Å². The molecule has 19 heavy (non-hydrogen) atoms. The lowest BCUT2D eigenvalue weighted by molar-refractivity contribution is -0.136. The number of aromatic nitrogens is 1. The van der Waals surface area contributed by atoms with Gasteiger partial charge in [0.1, 0.15) is 0 Å². The number of carboxylic acids is 1. The summed E-state index contributed by atoms with van der Waals surface area (Å²) in [5.41, 5.74) is 0.700. The van der Waals surface area contributed by atoms with Crippen LogP contribution in [-0.2, 0) is 11.2 Å². The summed E-state index contributed by atoms with van der Waals surface area (Å²) >= 11 is 19.2. The minimum atomic E-state index is -0.872. The summed E-state index contributed by atoms with van der Waals surface area (Å²) in [4.78, 5) is 14.3. The van der Waals surface area contributed by atoms with E-state index in [0.29, 0.717) is 20.6 Å². The molecule has 7 heteroatoms. The molecule has 2 N–H and O–H groups in total. The average Bonchev–Trinajstić information content (AvgIpc) is 2.72. The Morgan fingerprint density at radius 3 is 2.53 bits per heavy atom. The predicted molar refractivity (Wildman–Crippen MR) is 77.7 cm³/mol. The smallest absolute Gasteiger partial charge is 0.307 e. The Morgan fingerprint density at radius 2 is 1.84 bits per heavy atom. The zero-order valence-electron chi connectivity index (χ0n) is 9.41. The van der Waals surface area contributed by atoms with Crippen LogP contribution < -0.4 is 0 Å². The van der Waals surface area contributed by atoms with Crippen LogP contribution in [0.1, 0.15) is 5.56 Å². The molecule has 0 aliphatic heterocycles. The van der Waals surface area contributed by atoms with Crippen molar-refractivity contribution in [2.45, 2.75) is 16.3 Å². The second kappa shape index (κ2) is 6.09. The molecule has 0 radical (unpaired) electrons. The molecular weight excluding hydrogens is 329 g/mol. The van der Waals surface area contributed by atoms with Crippen molar-refractivity contribution in [3.8, 4) is 0 Å². The van der Waals surface area contributed by atoms with Crippen LogP contribution in [0.3, 0.4) is 0 Å². The van der Waals surface area contributed by atoms with Crippen LogP contribution in [0.4, 0.5) is 0 Å². The molecular formula is C12H8Cl3NO2S. The summed E-state index contributed by atoms with van der Waals surface area (Å²) in [6, 6.07) is 5.01. The fourth-order valence-electron chi connectivity index (χ4n) is 1.45. The largest absolute Gasteiger partial charge is 0.481 e. The highest BCUT2D eigenvalue weighted by molar-refractivity contribution is 7.99. The molecule has 0 amide bonds. The second-order valence-electron chi connectivity index (χ2n) is 3.74. The monoisotopic (exact) mass is 335 g/mol. The highest BCUT2D eigenvalue weighted by Crippen LogP contribution is 2.37. The number of halogens is 3. The molecule has 0 spiro atoms. The van der Waals surface area contributed by atoms with Gasteiger partial charge in [-0.25, -0.2) is 0 Å². The third-order valence-electron chi connectivity index (χ3n) is 2.27. The number of carbonyl (C=O) groups is 1. The first-order valence-corrected chi connectivity index (χ1v) is 7.12. The number of hydrogen-bond donors (Lipinski definition) is 2. The number of H-pyrrole nitrogens is 1. The van der Waals surface area contributed by atoms with E-state index >= 15 is 0 Å². The summed E-state index contributed by atoms with van der Waals surface area (Å²) in [5, 5.41) is 10.8. The number of rotatable bonds is 4. The molecule has 3 nitrogen and oxygen atoms in total. The van der Waals surface area contributed by atoms with Gasteiger partial charge in [-0.1, -0.05) is 46.6 Å². The highest BCUT2D eigenvalue weighted by Gasteiger charge is 2.10. The standard InChI is InChI=1S/C12H8Cl3NO2S/c13-7-3-9(15)10(4-8(7)14)19-11-1-6(5-16-11)2-12(17)18/h1,3-5,16H,2H2,(H,17,18). The van der Waals surface area contributed by atoms with E-state index in [1.54, 1.807) is 24.4 Å². The number of carboxylic acid groups (broad SMARTS) is 1. The van der Waals surface area contributed by atoms with Gasteiger partial charge in [-0.15, -0.1) is 0 Å². The van der Waals surface area contributed by atoms with Crippen molar-refractivity contribution < 1.29 is 9.90 Å². The van der Waals surface area contributed by atoms with Crippen LogP contribution in [-0.4, -0.2) is 16.1 Å². The van der Waals surface area contributed by atoms with Crippen LogP contribution in [0.2, 0.25) is 15.1 Å². The quantitative estimate of drug-likeness (QED) is 0.792. The van der Waals surface area contributed by atoms with Gasteiger partial charge in [0.25, 0.3) is 0 Å². The molecule has 0 unspecified atom stereocenters. The molecule has 0 saturated carbocycles. The maximum Gasteiger partial charge on any atom is 0.307 e. The summed E-state index contributed by atoms with van der Waals surface area (Å²) < 4.78 is 0. The third kappa shape index (κ3) is 3.83. The minimum Gasteiger partial charge on any atom is -0.481 e. The van der Waals surface area contributed by atoms with E-state index in [1.807, 2.05) is 0 Å². The molecule has 0 bridgehead atoms. The maximum absolute atomic E-state index is 10.6. The third-order valence-corrected chi connectivity index (χ3v) is 4.43. The summed E-state index contributed by atoms with van der Waals surface area (Å²) in [6.07, 6.45) is 1.63. The lowest BCUT2D eigenvalue weighted by Gasteiger charge is -2.04. The first kappa shape index (κ1) is 14.6. The SMILES string of the molecule is O=C(O)Cc1c[nH]c(Sc2cc(Cl)c(Cl)cc2Cl)c1. The number of aromatic amines is 1. The second-order valence-corrected chi connectivity index (χ2v) is 6.05. The summed E-state index contributed by atoms with van der Waals surface area (Å²) in [6.45, 7) is 0. The molecule has 0 saturated heterocycles. The van der Waals surface area contributed by atoms with Crippen molar-refractivity contribution in [2.75, 3.05) is 0 Å². The van der Waals surface area contributed by atoms with Gasteiger partial charge in [0.05, 0.1) is 26.5 Å². The van der Waals surface area contributed by atoms with Gasteiger partial charge in [-0.05, 0) is 23.8 Å². The van der Waals surface area contributed by atoms with Crippen LogP contribution in [0.25, 0.3) is 0 Å².